The number of aryl methyl sites for hydroxylation is 1. The van der Waals surface area contributed by atoms with Gasteiger partial charge in [-0.05, 0) is 23.3 Å². The highest BCUT2D eigenvalue weighted by Gasteiger charge is 2.09. The van der Waals surface area contributed by atoms with E-state index in [9.17, 15) is 5.11 Å². The predicted octanol–water partition coefficient (Wildman–Crippen LogP) is 3.62. The SMILES string of the molecule is Cn1ccnc1SCC(O)COc1ccc(-c2ccccc2)cc1. The average Bonchev–Trinajstić information content (AvgIpc) is 3.04. The molecule has 0 radical (unpaired) electrons. The third-order valence-electron chi connectivity index (χ3n) is 3.59. The van der Waals surface area contributed by atoms with Crippen LogP contribution in [0.2, 0.25) is 0 Å². The summed E-state index contributed by atoms with van der Waals surface area (Å²) < 4.78 is 7.60. The van der Waals surface area contributed by atoms with Gasteiger partial charge in [-0.15, -0.1) is 0 Å². The molecule has 0 saturated carbocycles. The topological polar surface area (TPSA) is 47.3 Å². The zero-order valence-corrected chi connectivity index (χ0v) is 14.3. The summed E-state index contributed by atoms with van der Waals surface area (Å²) in [6.07, 6.45) is 3.10. The number of aliphatic hydroxyl groups is 1. The second-order valence-electron chi connectivity index (χ2n) is 5.49. The molecule has 24 heavy (non-hydrogen) atoms. The summed E-state index contributed by atoms with van der Waals surface area (Å²) in [5, 5.41) is 10.9. The number of rotatable bonds is 7. The maximum absolute atomic E-state index is 10.0. The van der Waals surface area contributed by atoms with Gasteiger partial charge in [0.1, 0.15) is 12.4 Å². The highest BCUT2D eigenvalue weighted by Crippen LogP contribution is 2.22. The van der Waals surface area contributed by atoms with E-state index >= 15 is 0 Å². The van der Waals surface area contributed by atoms with Crippen molar-refractivity contribution in [1.29, 1.82) is 0 Å². The van der Waals surface area contributed by atoms with Crippen molar-refractivity contribution in [3.05, 3.63) is 67.0 Å². The van der Waals surface area contributed by atoms with Crippen LogP contribution in [0.15, 0.2) is 72.1 Å². The van der Waals surface area contributed by atoms with E-state index in [1.165, 1.54) is 17.3 Å². The van der Waals surface area contributed by atoms with Crippen LogP contribution in [0.25, 0.3) is 11.1 Å². The number of nitrogens with zero attached hydrogens (tertiary/aromatic N) is 2. The monoisotopic (exact) mass is 340 g/mol. The van der Waals surface area contributed by atoms with Crippen molar-refractivity contribution < 1.29 is 9.84 Å². The highest BCUT2D eigenvalue weighted by molar-refractivity contribution is 7.99. The van der Waals surface area contributed by atoms with Crippen LogP contribution in [0.3, 0.4) is 0 Å². The number of aliphatic hydroxyl groups excluding tert-OH is 1. The van der Waals surface area contributed by atoms with E-state index in [1.807, 2.05) is 60.3 Å². The van der Waals surface area contributed by atoms with E-state index in [4.69, 9.17) is 4.74 Å². The number of hydrogen-bond acceptors (Lipinski definition) is 4. The molecule has 1 heterocycles. The fourth-order valence-electron chi connectivity index (χ4n) is 2.28. The summed E-state index contributed by atoms with van der Waals surface area (Å²) in [5.74, 6) is 1.31. The van der Waals surface area contributed by atoms with Crippen LogP contribution in [0.5, 0.6) is 5.75 Å². The predicted molar refractivity (Wildman–Crippen MR) is 97.3 cm³/mol. The Hall–Kier alpha value is -2.24. The molecule has 0 saturated heterocycles. The fourth-order valence-corrected chi connectivity index (χ4v) is 3.11. The van der Waals surface area contributed by atoms with E-state index in [0.717, 1.165) is 16.5 Å². The maximum Gasteiger partial charge on any atom is 0.167 e. The molecule has 0 aliphatic rings. The number of benzene rings is 2. The van der Waals surface area contributed by atoms with Crippen molar-refractivity contribution in [2.75, 3.05) is 12.4 Å². The first-order chi connectivity index (χ1) is 11.7. The van der Waals surface area contributed by atoms with Crippen LogP contribution in [-0.2, 0) is 7.05 Å². The molecule has 2 aromatic carbocycles. The minimum absolute atomic E-state index is 0.266. The third kappa shape index (κ3) is 4.40. The van der Waals surface area contributed by atoms with Gasteiger partial charge in [0.15, 0.2) is 5.16 Å². The van der Waals surface area contributed by atoms with Crippen LogP contribution in [0.1, 0.15) is 0 Å². The molecule has 1 aromatic heterocycles. The van der Waals surface area contributed by atoms with Gasteiger partial charge in [0, 0.05) is 25.2 Å². The first-order valence-electron chi connectivity index (χ1n) is 7.79. The molecule has 1 unspecified atom stereocenters. The average molecular weight is 340 g/mol. The quantitative estimate of drug-likeness (QED) is 0.667. The van der Waals surface area contributed by atoms with Gasteiger partial charge in [-0.3, -0.25) is 0 Å². The summed E-state index contributed by atoms with van der Waals surface area (Å²) >= 11 is 1.52. The molecule has 0 aliphatic heterocycles. The van der Waals surface area contributed by atoms with Crippen molar-refractivity contribution >= 4 is 11.8 Å². The summed E-state index contributed by atoms with van der Waals surface area (Å²) in [5.41, 5.74) is 2.32. The zero-order chi connectivity index (χ0) is 16.8. The van der Waals surface area contributed by atoms with Gasteiger partial charge in [0.2, 0.25) is 0 Å². The van der Waals surface area contributed by atoms with Gasteiger partial charge < -0.3 is 14.4 Å². The van der Waals surface area contributed by atoms with E-state index in [-0.39, 0.29) is 6.61 Å². The molecule has 124 valence electrons. The molecule has 1 atom stereocenters. The Morgan fingerprint density at radius 1 is 1.08 bits per heavy atom. The molecule has 0 aliphatic carbocycles. The Bertz CT molecular complexity index is 757. The fraction of sp³-hybridized carbons (Fsp3) is 0.211. The third-order valence-corrected chi connectivity index (χ3v) is 4.79. The molecule has 0 amide bonds. The van der Waals surface area contributed by atoms with Gasteiger partial charge in [0.25, 0.3) is 0 Å². The van der Waals surface area contributed by atoms with E-state index < -0.39 is 6.10 Å². The van der Waals surface area contributed by atoms with Gasteiger partial charge >= 0.3 is 0 Å². The van der Waals surface area contributed by atoms with Gasteiger partial charge in [-0.2, -0.15) is 0 Å². The molecule has 4 nitrogen and oxygen atoms in total. The normalized spacial score (nSPS) is 12.1. The minimum atomic E-state index is -0.541. The van der Waals surface area contributed by atoms with Crippen molar-refractivity contribution in [3.8, 4) is 16.9 Å². The van der Waals surface area contributed by atoms with Crippen molar-refractivity contribution in [2.45, 2.75) is 11.3 Å². The molecule has 3 rings (SSSR count). The number of hydrogen-bond donors (Lipinski definition) is 1. The molecule has 1 N–H and O–H groups in total. The standard InChI is InChI=1S/C19H20N2O2S/c1-21-12-11-20-19(21)24-14-17(22)13-23-18-9-7-16(8-10-18)15-5-3-2-4-6-15/h2-12,17,22H,13-14H2,1H3. The molecular weight excluding hydrogens is 320 g/mol. The van der Waals surface area contributed by atoms with Crippen LogP contribution >= 0.6 is 11.8 Å². The Balaban J connectivity index is 1.48. The van der Waals surface area contributed by atoms with Crippen LogP contribution in [0.4, 0.5) is 0 Å². The second kappa shape index (κ2) is 8.04. The Labute approximate surface area is 146 Å². The number of imidazole rings is 1. The van der Waals surface area contributed by atoms with E-state index in [1.54, 1.807) is 6.20 Å². The summed E-state index contributed by atoms with van der Waals surface area (Å²) in [6, 6.07) is 18.1. The summed E-state index contributed by atoms with van der Waals surface area (Å²) in [6.45, 7) is 0.266. The minimum Gasteiger partial charge on any atom is -0.491 e. The number of thioether (sulfide) groups is 1. The van der Waals surface area contributed by atoms with Crippen molar-refractivity contribution in [1.82, 2.24) is 9.55 Å². The largest absolute Gasteiger partial charge is 0.491 e. The lowest BCUT2D eigenvalue weighted by Crippen LogP contribution is -2.20. The summed E-state index contributed by atoms with van der Waals surface area (Å²) in [7, 11) is 1.94. The lowest BCUT2D eigenvalue weighted by molar-refractivity contribution is 0.126. The molecule has 0 bridgehead atoms. The van der Waals surface area contributed by atoms with E-state index in [2.05, 4.69) is 17.1 Å². The van der Waals surface area contributed by atoms with Gasteiger partial charge in [0.05, 0.1) is 6.10 Å². The number of ether oxygens (including phenoxy) is 1. The Morgan fingerprint density at radius 3 is 2.46 bits per heavy atom. The second-order valence-corrected chi connectivity index (χ2v) is 6.47. The molecular formula is C19H20N2O2S. The molecule has 0 spiro atoms. The molecule has 5 heteroatoms. The van der Waals surface area contributed by atoms with Crippen molar-refractivity contribution in [3.63, 3.8) is 0 Å². The highest BCUT2D eigenvalue weighted by atomic mass is 32.2. The van der Waals surface area contributed by atoms with Crippen LogP contribution < -0.4 is 4.74 Å². The molecule has 0 fully saturated rings. The summed E-state index contributed by atoms with van der Waals surface area (Å²) in [4.78, 5) is 4.22. The number of aromatic nitrogens is 2. The lowest BCUT2D eigenvalue weighted by Gasteiger charge is -2.12. The van der Waals surface area contributed by atoms with Gasteiger partial charge in [-0.1, -0.05) is 54.2 Å². The molecule has 3 aromatic rings. The van der Waals surface area contributed by atoms with Crippen molar-refractivity contribution in [2.24, 2.45) is 7.05 Å². The van der Waals surface area contributed by atoms with Crippen LogP contribution in [0, 0.1) is 0 Å². The van der Waals surface area contributed by atoms with E-state index in [0.29, 0.717) is 5.75 Å². The first kappa shape index (κ1) is 16.6. The zero-order valence-electron chi connectivity index (χ0n) is 13.5. The van der Waals surface area contributed by atoms with Gasteiger partial charge in [-0.25, -0.2) is 4.98 Å². The Morgan fingerprint density at radius 2 is 1.79 bits per heavy atom. The Kier molecular flexibility index (Phi) is 5.56. The maximum atomic E-state index is 10.0. The van der Waals surface area contributed by atoms with Crippen LogP contribution in [-0.4, -0.2) is 33.1 Å². The first-order valence-corrected chi connectivity index (χ1v) is 8.77. The lowest BCUT2D eigenvalue weighted by atomic mass is 10.1. The smallest absolute Gasteiger partial charge is 0.167 e.